The summed E-state index contributed by atoms with van der Waals surface area (Å²) >= 11 is 0. The van der Waals surface area contributed by atoms with Crippen molar-refractivity contribution >= 4 is 11.9 Å². The SMILES string of the molecule is CC/C=C\C/C=C\C/C=C\C/C=C\C/C=C\C/C=C\CCC(=O)OCC(COCCCC/C=C\C/C=C\C/C=C\C/C=C\C/C=C\CC)OC(=O)CCCCC/C=C\C/C=C\C/C=C\C/C=C\C/C=C\CC. The third-order valence-electron chi connectivity index (χ3n) is 10.6. The van der Waals surface area contributed by atoms with E-state index < -0.39 is 6.10 Å². The fourth-order valence-corrected chi connectivity index (χ4v) is 6.59. The summed E-state index contributed by atoms with van der Waals surface area (Å²) in [6.07, 6.45) is 93.2. The molecule has 0 spiro atoms. The van der Waals surface area contributed by atoms with Crippen LogP contribution in [-0.2, 0) is 23.8 Å². The van der Waals surface area contributed by atoms with Crippen LogP contribution in [0.25, 0.3) is 0 Å². The Morgan fingerprint density at radius 3 is 0.958 bits per heavy atom. The molecular formula is C67H100O5. The minimum atomic E-state index is -0.625. The fraction of sp³-hybridized carbons (Fsp3) is 0.493. The van der Waals surface area contributed by atoms with Crippen LogP contribution in [0, 0.1) is 0 Å². The lowest BCUT2D eigenvalue weighted by molar-refractivity contribution is -0.162. The monoisotopic (exact) mass is 985 g/mol. The van der Waals surface area contributed by atoms with E-state index in [9.17, 15) is 9.59 Å². The first-order valence-electron chi connectivity index (χ1n) is 28.0. The van der Waals surface area contributed by atoms with Crippen molar-refractivity contribution in [3.63, 3.8) is 0 Å². The molecular weight excluding hydrogens is 885 g/mol. The van der Waals surface area contributed by atoms with Gasteiger partial charge in [0.2, 0.25) is 0 Å². The first-order valence-corrected chi connectivity index (χ1v) is 28.0. The number of allylic oxidation sites excluding steroid dienone is 32. The molecule has 0 aromatic heterocycles. The van der Waals surface area contributed by atoms with E-state index in [1.165, 1.54) is 0 Å². The minimum Gasteiger partial charge on any atom is -0.462 e. The highest BCUT2D eigenvalue weighted by molar-refractivity contribution is 5.70. The third-order valence-corrected chi connectivity index (χ3v) is 10.6. The van der Waals surface area contributed by atoms with E-state index >= 15 is 0 Å². The second-order valence-electron chi connectivity index (χ2n) is 17.3. The number of unbranched alkanes of at least 4 members (excludes halogenated alkanes) is 5. The number of hydrogen-bond acceptors (Lipinski definition) is 5. The highest BCUT2D eigenvalue weighted by Crippen LogP contribution is 2.09. The molecule has 0 aliphatic heterocycles. The van der Waals surface area contributed by atoms with Gasteiger partial charge in [0.05, 0.1) is 6.61 Å². The number of ether oxygens (including phenoxy) is 3. The fourth-order valence-electron chi connectivity index (χ4n) is 6.59. The number of carbonyl (C=O) groups is 2. The smallest absolute Gasteiger partial charge is 0.306 e. The normalized spacial score (nSPS) is 13.8. The van der Waals surface area contributed by atoms with Gasteiger partial charge in [-0.05, 0) is 148 Å². The number of rotatable bonds is 48. The van der Waals surface area contributed by atoms with Crippen LogP contribution in [0.2, 0.25) is 0 Å². The number of esters is 2. The van der Waals surface area contributed by atoms with Gasteiger partial charge in [0, 0.05) is 19.4 Å². The molecule has 0 aliphatic carbocycles. The molecule has 0 amide bonds. The summed E-state index contributed by atoms with van der Waals surface area (Å²) < 4.78 is 17.3. The summed E-state index contributed by atoms with van der Waals surface area (Å²) in [5.74, 6) is -0.575. The van der Waals surface area contributed by atoms with Gasteiger partial charge in [-0.3, -0.25) is 9.59 Å². The summed E-state index contributed by atoms with van der Waals surface area (Å²) in [7, 11) is 0. The van der Waals surface area contributed by atoms with Gasteiger partial charge in [0.25, 0.3) is 0 Å². The lowest BCUT2D eigenvalue weighted by Gasteiger charge is -2.18. The van der Waals surface area contributed by atoms with Crippen LogP contribution < -0.4 is 0 Å². The maximum absolute atomic E-state index is 12.9. The second-order valence-corrected chi connectivity index (χ2v) is 17.3. The summed E-state index contributed by atoms with van der Waals surface area (Å²) in [6, 6.07) is 0. The van der Waals surface area contributed by atoms with E-state index in [1.54, 1.807) is 0 Å². The molecule has 0 aromatic carbocycles. The van der Waals surface area contributed by atoms with Crippen molar-refractivity contribution in [2.24, 2.45) is 0 Å². The molecule has 0 fully saturated rings. The van der Waals surface area contributed by atoms with E-state index in [1.807, 2.05) is 6.08 Å². The van der Waals surface area contributed by atoms with E-state index in [4.69, 9.17) is 14.2 Å². The van der Waals surface area contributed by atoms with E-state index in [2.05, 4.69) is 209 Å². The van der Waals surface area contributed by atoms with Crippen molar-refractivity contribution < 1.29 is 23.8 Å². The quantitative estimate of drug-likeness (QED) is 0.0345. The molecule has 0 aliphatic rings. The number of carbonyl (C=O) groups excluding carboxylic acids is 2. The van der Waals surface area contributed by atoms with Crippen molar-refractivity contribution in [2.75, 3.05) is 19.8 Å². The Labute approximate surface area is 441 Å². The van der Waals surface area contributed by atoms with Crippen LogP contribution in [-0.4, -0.2) is 37.9 Å². The van der Waals surface area contributed by atoms with Gasteiger partial charge in [-0.2, -0.15) is 0 Å². The van der Waals surface area contributed by atoms with Gasteiger partial charge in [0.15, 0.2) is 6.10 Å². The predicted octanol–water partition coefficient (Wildman–Crippen LogP) is 19.6. The maximum Gasteiger partial charge on any atom is 0.306 e. The highest BCUT2D eigenvalue weighted by atomic mass is 16.6. The molecule has 0 aromatic rings. The zero-order valence-electron chi connectivity index (χ0n) is 45.6. The van der Waals surface area contributed by atoms with Gasteiger partial charge in [-0.15, -0.1) is 0 Å². The maximum atomic E-state index is 12.9. The van der Waals surface area contributed by atoms with Crippen molar-refractivity contribution in [3.05, 3.63) is 194 Å². The van der Waals surface area contributed by atoms with Crippen molar-refractivity contribution in [1.29, 1.82) is 0 Å². The Bertz CT molecular complexity index is 1730. The molecule has 0 N–H and O–H groups in total. The van der Waals surface area contributed by atoms with Gasteiger partial charge in [-0.25, -0.2) is 0 Å². The molecule has 0 rings (SSSR count). The lowest BCUT2D eigenvalue weighted by atomic mass is 10.1. The average molecular weight is 986 g/mol. The molecule has 1 atom stereocenters. The van der Waals surface area contributed by atoms with Crippen LogP contribution in [0.3, 0.4) is 0 Å². The minimum absolute atomic E-state index is 0.00156. The Balaban J connectivity index is 4.60. The Kier molecular flexibility index (Phi) is 55.7. The molecule has 0 heterocycles. The van der Waals surface area contributed by atoms with Crippen molar-refractivity contribution in [1.82, 2.24) is 0 Å². The summed E-state index contributed by atoms with van der Waals surface area (Å²) in [5, 5.41) is 0. The Morgan fingerprint density at radius 2 is 0.611 bits per heavy atom. The van der Waals surface area contributed by atoms with Crippen molar-refractivity contribution in [2.45, 2.75) is 194 Å². The van der Waals surface area contributed by atoms with Crippen LogP contribution >= 0.6 is 0 Å². The summed E-state index contributed by atoms with van der Waals surface area (Å²) in [5.41, 5.74) is 0. The molecule has 0 saturated heterocycles. The first kappa shape index (κ1) is 66.7. The Morgan fingerprint density at radius 1 is 0.306 bits per heavy atom. The molecule has 1 unspecified atom stereocenters. The van der Waals surface area contributed by atoms with Crippen molar-refractivity contribution in [3.8, 4) is 0 Å². The first-order chi connectivity index (χ1) is 35.6. The van der Waals surface area contributed by atoms with Crippen LogP contribution in [0.5, 0.6) is 0 Å². The zero-order valence-corrected chi connectivity index (χ0v) is 45.6. The van der Waals surface area contributed by atoms with Gasteiger partial charge >= 0.3 is 11.9 Å². The van der Waals surface area contributed by atoms with Crippen LogP contribution in [0.4, 0.5) is 0 Å². The Hall–Kier alpha value is -5.26. The van der Waals surface area contributed by atoms with E-state index in [0.29, 0.717) is 19.4 Å². The summed E-state index contributed by atoms with van der Waals surface area (Å²) in [4.78, 5) is 25.5. The zero-order chi connectivity index (χ0) is 52.0. The molecule has 72 heavy (non-hydrogen) atoms. The van der Waals surface area contributed by atoms with Crippen LogP contribution in [0.15, 0.2) is 194 Å². The highest BCUT2D eigenvalue weighted by Gasteiger charge is 2.17. The van der Waals surface area contributed by atoms with Gasteiger partial charge < -0.3 is 14.2 Å². The molecule has 0 bridgehead atoms. The molecule has 0 saturated carbocycles. The van der Waals surface area contributed by atoms with Gasteiger partial charge in [-0.1, -0.05) is 222 Å². The molecule has 5 nitrogen and oxygen atoms in total. The van der Waals surface area contributed by atoms with E-state index in [-0.39, 0.29) is 31.6 Å². The summed E-state index contributed by atoms with van der Waals surface area (Å²) in [6.45, 7) is 7.23. The molecule has 398 valence electrons. The second kappa shape index (κ2) is 60.0. The largest absolute Gasteiger partial charge is 0.462 e. The molecule has 0 radical (unpaired) electrons. The number of hydrogen-bond donors (Lipinski definition) is 0. The van der Waals surface area contributed by atoms with E-state index in [0.717, 1.165) is 148 Å². The third kappa shape index (κ3) is 57.3. The molecule has 5 heteroatoms. The standard InChI is InChI=1S/C67H100O5/c1-4-7-10-13-16-19-22-25-28-31-34-36-39-42-45-48-51-54-57-60-66(68)71-64-65(63-70-62-59-56-53-50-47-44-41-38-33-30-27-24-21-18-15-12-9-6-3)72-67(69)61-58-55-52-49-46-43-40-37-35-32-29-26-23-20-17-14-11-8-5-2/h7-12,16-21,25-30,34-38,41-43,45-47,50-51,54,65H,4-6,13-15,22-24,31-33,39-40,44,48-49,52-53,55-64H2,1-3H3/b10-7-,11-8-,12-9-,19-16-,20-17-,21-18-,28-25-,29-26-,30-27-,36-34-,37-35-,41-38-,45-42-,46-43-,50-47-,54-51-. The average Bonchev–Trinajstić information content (AvgIpc) is 3.38. The predicted molar refractivity (Wildman–Crippen MR) is 315 cm³/mol. The lowest BCUT2D eigenvalue weighted by Crippen LogP contribution is -2.30. The topological polar surface area (TPSA) is 61.8 Å². The van der Waals surface area contributed by atoms with Gasteiger partial charge in [0.1, 0.15) is 6.61 Å². The van der Waals surface area contributed by atoms with Crippen LogP contribution in [0.1, 0.15) is 188 Å².